The van der Waals surface area contributed by atoms with Crippen LogP contribution in [0.3, 0.4) is 0 Å². The lowest BCUT2D eigenvalue weighted by molar-refractivity contribution is -0.118. The average molecular weight is 457 g/mol. The number of halogens is 1. The Morgan fingerprint density at radius 3 is 2.67 bits per heavy atom. The highest BCUT2D eigenvalue weighted by molar-refractivity contribution is 7.99. The molecule has 0 bridgehead atoms. The lowest BCUT2D eigenvalue weighted by atomic mass is 10.2. The SMILES string of the molecule is Cc1nc(-c2cccs2)sc1-c1ccc(SCC(=O)NCc2ccc(F)cc2)nn1. The molecule has 5 nitrogen and oxygen atoms in total. The van der Waals surface area contributed by atoms with Crippen LogP contribution in [-0.4, -0.2) is 26.8 Å². The minimum Gasteiger partial charge on any atom is -0.351 e. The fourth-order valence-corrected chi connectivity index (χ4v) is 5.12. The van der Waals surface area contributed by atoms with Gasteiger partial charge in [0, 0.05) is 6.54 Å². The molecule has 0 radical (unpaired) electrons. The number of thiophene rings is 1. The van der Waals surface area contributed by atoms with Crippen molar-refractivity contribution in [3.8, 4) is 20.5 Å². The van der Waals surface area contributed by atoms with Crippen molar-refractivity contribution in [3.63, 3.8) is 0 Å². The van der Waals surface area contributed by atoms with Crippen LogP contribution in [-0.2, 0) is 11.3 Å². The summed E-state index contributed by atoms with van der Waals surface area (Å²) >= 11 is 4.59. The van der Waals surface area contributed by atoms with Crippen LogP contribution in [0, 0.1) is 12.7 Å². The maximum atomic E-state index is 12.9. The molecule has 0 atom stereocenters. The van der Waals surface area contributed by atoms with Crippen LogP contribution in [0.1, 0.15) is 11.3 Å². The summed E-state index contributed by atoms with van der Waals surface area (Å²) in [5.41, 5.74) is 2.55. The fraction of sp³-hybridized carbons (Fsp3) is 0.143. The maximum Gasteiger partial charge on any atom is 0.230 e. The van der Waals surface area contributed by atoms with Gasteiger partial charge in [-0.25, -0.2) is 9.37 Å². The molecule has 0 saturated carbocycles. The first-order valence-corrected chi connectivity index (χ1v) is 11.8. The third-order valence-corrected chi connectivity index (χ3v) is 7.29. The van der Waals surface area contributed by atoms with E-state index >= 15 is 0 Å². The molecule has 3 heterocycles. The molecule has 30 heavy (non-hydrogen) atoms. The zero-order chi connectivity index (χ0) is 20.9. The third-order valence-electron chi connectivity index (χ3n) is 4.16. The minimum atomic E-state index is -0.293. The van der Waals surface area contributed by atoms with Gasteiger partial charge in [-0.1, -0.05) is 30.0 Å². The van der Waals surface area contributed by atoms with E-state index in [4.69, 9.17) is 0 Å². The second kappa shape index (κ2) is 9.46. The molecule has 1 N–H and O–H groups in total. The molecule has 0 unspecified atom stereocenters. The number of hydrogen-bond donors (Lipinski definition) is 1. The molecule has 4 aromatic rings. The van der Waals surface area contributed by atoms with E-state index in [-0.39, 0.29) is 17.5 Å². The molecule has 4 rings (SSSR count). The highest BCUT2D eigenvalue weighted by atomic mass is 32.2. The summed E-state index contributed by atoms with van der Waals surface area (Å²) in [6.45, 7) is 2.33. The zero-order valence-electron chi connectivity index (χ0n) is 16.0. The quantitative estimate of drug-likeness (QED) is 0.388. The van der Waals surface area contributed by atoms with Gasteiger partial charge in [0.15, 0.2) is 0 Å². The molecule has 0 spiro atoms. The Hall–Kier alpha value is -2.62. The third kappa shape index (κ3) is 5.10. The number of hydrogen-bond acceptors (Lipinski definition) is 7. The van der Waals surface area contributed by atoms with Gasteiger partial charge in [-0.15, -0.1) is 32.9 Å². The van der Waals surface area contributed by atoms with Crippen molar-refractivity contribution in [2.24, 2.45) is 0 Å². The van der Waals surface area contributed by atoms with Crippen LogP contribution >= 0.6 is 34.4 Å². The summed E-state index contributed by atoms with van der Waals surface area (Å²) < 4.78 is 12.9. The highest BCUT2D eigenvalue weighted by Crippen LogP contribution is 2.36. The number of benzene rings is 1. The molecule has 0 fully saturated rings. The van der Waals surface area contributed by atoms with Crippen molar-refractivity contribution < 1.29 is 9.18 Å². The standard InChI is InChI=1S/C21H17FN4OS3/c1-13-20(30-21(24-13)17-3-2-10-28-17)16-8-9-19(26-25-16)29-12-18(27)23-11-14-4-6-15(22)7-5-14/h2-10H,11-12H2,1H3,(H,23,27). The Morgan fingerprint density at radius 1 is 1.13 bits per heavy atom. The number of thioether (sulfide) groups is 1. The lowest BCUT2D eigenvalue weighted by Crippen LogP contribution is -2.24. The zero-order valence-corrected chi connectivity index (χ0v) is 18.4. The minimum absolute atomic E-state index is 0.117. The topological polar surface area (TPSA) is 67.8 Å². The summed E-state index contributed by atoms with van der Waals surface area (Å²) in [7, 11) is 0. The average Bonchev–Trinajstić information content (AvgIpc) is 3.42. The normalized spacial score (nSPS) is 10.9. The first-order chi connectivity index (χ1) is 14.6. The van der Waals surface area contributed by atoms with Crippen LogP contribution in [0.2, 0.25) is 0 Å². The van der Waals surface area contributed by atoms with Crippen LogP contribution in [0.4, 0.5) is 4.39 Å². The van der Waals surface area contributed by atoms with E-state index in [0.717, 1.165) is 31.7 Å². The first-order valence-electron chi connectivity index (χ1n) is 9.08. The number of rotatable bonds is 7. The molecule has 3 aromatic heterocycles. The smallest absolute Gasteiger partial charge is 0.230 e. The van der Waals surface area contributed by atoms with Crippen molar-refractivity contribution in [2.45, 2.75) is 18.5 Å². The number of aryl methyl sites for hydroxylation is 1. The Morgan fingerprint density at radius 2 is 1.97 bits per heavy atom. The lowest BCUT2D eigenvalue weighted by Gasteiger charge is -2.05. The summed E-state index contributed by atoms with van der Waals surface area (Å²) in [4.78, 5) is 18.8. The second-order valence-electron chi connectivity index (χ2n) is 6.36. The molecular weight excluding hydrogens is 439 g/mol. The fourth-order valence-electron chi connectivity index (χ4n) is 2.65. The Bertz CT molecular complexity index is 1130. The van der Waals surface area contributed by atoms with Gasteiger partial charge >= 0.3 is 0 Å². The number of carbonyl (C=O) groups is 1. The first kappa shape index (κ1) is 20.6. The number of nitrogens with zero attached hydrogens (tertiary/aromatic N) is 3. The van der Waals surface area contributed by atoms with E-state index < -0.39 is 0 Å². The van der Waals surface area contributed by atoms with Crippen LogP contribution < -0.4 is 5.32 Å². The molecule has 0 aliphatic heterocycles. The predicted octanol–water partition coefficient (Wildman–Crippen LogP) is 5.18. The molecular formula is C21H17FN4OS3. The number of aromatic nitrogens is 3. The van der Waals surface area contributed by atoms with Gasteiger partial charge in [-0.3, -0.25) is 4.79 Å². The van der Waals surface area contributed by atoms with E-state index in [1.807, 2.05) is 30.5 Å². The van der Waals surface area contributed by atoms with Crippen molar-refractivity contribution in [3.05, 3.63) is 71.0 Å². The highest BCUT2D eigenvalue weighted by Gasteiger charge is 2.14. The van der Waals surface area contributed by atoms with Gasteiger partial charge in [0.2, 0.25) is 5.91 Å². The molecule has 0 aliphatic carbocycles. The molecule has 1 amide bonds. The van der Waals surface area contributed by atoms with Gasteiger partial charge in [-0.2, -0.15) is 0 Å². The number of carbonyl (C=O) groups excluding carboxylic acids is 1. The second-order valence-corrected chi connectivity index (χ2v) is 9.30. The molecule has 0 aliphatic rings. The molecule has 0 saturated heterocycles. The van der Waals surface area contributed by atoms with Crippen molar-refractivity contribution in [1.29, 1.82) is 0 Å². The van der Waals surface area contributed by atoms with E-state index in [9.17, 15) is 9.18 Å². The monoisotopic (exact) mass is 456 g/mol. The van der Waals surface area contributed by atoms with Gasteiger partial charge in [0.25, 0.3) is 0 Å². The Labute approximate surface area is 185 Å². The van der Waals surface area contributed by atoms with Crippen molar-refractivity contribution in [2.75, 3.05) is 5.75 Å². The van der Waals surface area contributed by atoms with Gasteiger partial charge in [-0.05, 0) is 48.2 Å². The van der Waals surface area contributed by atoms with Crippen LogP contribution in [0.15, 0.2) is 58.9 Å². The Kier molecular flexibility index (Phi) is 6.51. The van der Waals surface area contributed by atoms with Gasteiger partial charge in [0.1, 0.15) is 21.5 Å². The summed E-state index contributed by atoms with van der Waals surface area (Å²) in [5.74, 6) is -0.176. The molecule has 1 aromatic carbocycles. The summed E-state index contributed by atoms with van der Waals surface area (Å²) in [6, 6.07) is 13.9. The van der Waals surface area contributed by atoms with Crippen molar-refractivity contribution >= 4 is 40.3 Å². The summed E-state index contributed by atoms with van der Waals surface area (Å²) in [5, 5.41) is 15.1. The van der Waals surface area contributed by atoms with E-state index in [1.165, 1.54) is 23.9 Å². The van der Waals surface area contributed by atoms with E-state index in [2.05, 4.69) is 26.6 Å². The number of thiazole rings is 1. The van der Waals surface area contributed by atoms with Gasteiger partial charge in [0.05, 0.1) is 21.2 Å². The number of nitrogens with one attached hydrogen (secondary N) is 1. The van der Waals surface area contributed by atoms with Crippen molar-refractivity contribution in [1.82, 2.24) is 20.5 Å². The summed E-state index contributed by atoms with van der Waals surface area (Å²) in [6.07, 6.45) is 0. The van der Waals surface area contributed by atoms with Gasteiger partial charge < -0.3 is 5.32 Å². The number of amides is 1. The Balaban J connectivity index is 1.33. The maximum absolute atomic E-state index is 12.9. The molecule has 9 heteroatoms. The van der Waals surface area contributed by atoms with E-state index in [0.29, 0.717) is 11.6 Å². The van der Waals surface area contributed by atoms with Crippen LogP contribution in [0.5, 0.6) is 0 Å². The molecule has 152 valence electrons. The van der Waals surface area contributed by atoms with Crippen LogP contribution in [0.25, 0.3) is 20.5 Å². The largest absolute Gasteiger partial charge is 0.351 e. The van der Waals surface area contributed by atoms with E-state index in [1.54, 1.807) is 34.8 Å². The predicted molar refractivity (Wildman–Crippen MR) is 120 cm³/mol.